The van der Waals surface area contributed by atoms with Gasteiger partial charge in [-0.3, -0.25) is 0 Å². The molecule has 11 heteroatoms. The molecule has 0 aliphatic heterocycles. The van der Waals surface area contributed by atoms with Crippen LogP contribution in [-0.2, 0) is 12.5 Å². The molecule has 0 atom stereocenters. The second-order valence-corrected chi connectivity index (χ2v) is 5.85. The van der Waals surface area contributed by atoms with E-state index >= 15 is 0 Å². The first-order valence-corrected chi connectivity index (χ1v) is 7.83. The van der Waals surface area contributed by atoms with E-state index in [0.29, 0.717) is 11.4 Å². The number of alkyl halides is 2. The molecule has 0 saturated carbocycles. The van der Waals surface area contributed by atoms with Crippen molar-refractivity contribution in [3.05, 3.63) is 58.3 Å². The Bertz CT molecular complexity index is 1080. The Morgan fingerprint density at radius 1 is 1.15 bits per heavy atom. The Kier molecular flexibility index (Phi) is 3.83. The number of nitrogens with zero attached hydrogens (tertiary/aromatic N) is 7. The summed E-state index contributed by atoms with van der Waals surface area (Å²) in [6.45, 7) is 1.79. The number of aryl methyl sites for hydroxylation is 1. The minimum absolute atomic E-state index is 0.0676. The Hall–Kier alpha value is -3.01. The lowest BCUT2D eigenvalue weighted by molar-refractivity contribution is 0.0331. The summed E-state index contributed by atoms with van der Waals surface area (Å²) in [4.78, 5) is 7.69. The molecule has 4 rings (SSSR count). The SMILES string of the molecule is Cc1nonc1Cn1nnc2c(Cl)nc(C(F)(F)c3ccccc3)nc21. The predicted molar refractivity (Wildman–Crippen MR) is 85.7 cm³/mol. The summed E-state index contributed by atoms with van der Waals surface area (Å²) in [7, 11) is 0. The smallest absolute Gasteiger partial charge is 0.244 e. The van der Waals surface area contributed by atoms with Crippen molar-refractivity contribution in [2.24, 2.45) is 0 Å². The molecule has 0 amide bonds. The Balaban J connectivity index is 1.83. The van der Waals surface area contributed by atoms with E-state index in [1.54, 1.807) is 13.0 Å². The minimum atomic E-state index is -3.43. The maximum absolute atomic E-state index is 14.8. The van der Waals surface area contributed by atoms with Gasteiger partial charge in [-0.15, -0.1) is 5.10 Å². The van der Waals surface area contributed by atoms with Crippen LogP contribution in [0.3, 0.4) is 0 Å². The number of fused-ring (bicyclic) bond motifs is 1. The fourth-order valence-electron chi connectivity index (χ4n) is 2.38. The molecule has 0 fully saturated rings. The summed E-state index contributed by atoms with van der Waals surface area (Å²) in [5.41, 5.74) is 0.962. The van der Waals surface area contributed by atoms with Crippen LogP contribution in [0.25, 0.3) is 11.2 Å². The molecule has 0 radical (unpaired) electrons. The lowest BCUT2D eigenvalue weighted by atomic mass is 10.1. The van der Waals surface area contributed by atoms with E-state index in [1.165, 1.54) is 28.9 Å². The maximum atomic E-state index is 14.8. The average Bonchev–Trinajstić information content (AvgIpc) is 3.23. The van der Waals surface area contributed by atoms with Crippen molar-refractivity contribution in [2.45, 2.75) is 19.4 Å². The summed E-state index contributed by atoms with van der Waals surface area (Å²) in [6, 6.07) is 7.25. The summed E-state index contributed by atoms with van der Waals surface area (Å²) in [5.74, 6) is -4.17. The maximum Gasteiger partial charge on any atom is 0.331 e. The van der Waals surface area contributed by atoms with E-state index in [0.717, 1.165) is 0 Å². The number of rotatable bonds is 4. The van der Waals surface area contributed by atoms with E-state index in [1.807, 2.05) is 0 Å². The highest BCUT2D eigenvalue weighted by atomic mass is 35.5. The first-order valence-electron chi connectivity index (χ1n) is 7.45. The quantitative estimate of drug-likeness (QED) is 0.504. The fraction of sp³-hybridized carbons (Fsp3) is 0.200. The van der Waals surface area contributed by atoms with Gasteiger partial charge >= 0.3 is 5.92 Å². The Morgan fingerprint density at radius 2 is 1.92 bits per heavy atom. The van der Waals surface area contributed by atoms with Crippen LogP contribution in [0.5, 0.6) is 0 Å². The summed E-state index contributed by atoms with van der Waals surface area (Å²) in [6.07, 6.45) is 0. The molecule has 0 saturated heterocycles. The highest BCUT2D eigenvalue weighted by Crippen LogP contribution is 2.34. The van der Waals surface area contributed by atoms with Crippen LogP contribution in [0.1, 0.15) is 22.8 Å². The van der Waals surface area contributed by atoms with Crippen LogP contribution >= 0.6 is 11.6 Å². The molecule has 3 heterocycles. The molecule has 26 heavy (non-hydrogen) atoms. The van der Waals surface area contributed by atoms with Gasteiger partial charge in [0, 0.05) is 5.56 Å². The van der Waals surface area contributed by atoms with Crippen LogP contribution in [-0.4, -0.2) is 35.3 Å². The summed E-state index contributed by atoms with van der Waals surface area (Å²) in [5, 5.41) is 14.9. The zero-order valence-electron chi connectivity index (χ0n) is 13.3. The van der Waals surface area contributed by atoms with E-state index in [9.17, 15) is 8.78 Å². The molecule has 0 N–H and O–H groups in total. The Morgan fingerprint density at radius 3 is 2.62 bits per heavy atom. The monoisotopic (exact) mass is 377 g/mol. The third-order valence-corrected chi connectivity index (χ3v) is 4.05. The van der Waals surface area contributed by atoms with Gasteiger partial charge in [0.1, 0.15) is 11.4 Å². The van der Waals surface area contributed by atoms with Gasteiger partial charge in [-0.05, 0) is 6.92 Å². The van der Waals surface area contributed by atoms with Crippen molar-refractivity contribution in [3.63, 3.8) is 0 Å². The van der Waals surface area contributed by atoms with Crippen LogP contribution in [0.4, 0.5) is 8.78 Å². The fourth-order valence-corrected chi connectivity index (χ4v) is 2.58. The standard InChI is InChI=1S/C15H10ClF2N7O/c1-8-10(23-26-22-8)7-25-13-11(21-24-25)12(16)19-14(20-13)15(17,18)9-5-3-2-4-6-9/h2-6H,7H2,1H3. The molecule has 8 nitrogen and oxygen atoms in total. The van der Waals surface area contributed by atoms with Gasteiger partial charge in [-0.25, -0.2) is 19.3 Å². The summed E-state index contributed by atoms with van der Waals surface area (Å²) >= 11 is 6.04. The van der Waals surface area contributed by atoms with Gasteiger partial charge in [0.25, 0.3) is 0 Å². The topological polar surface area (TPSA) is 95.4 Å². The van der Waals surface area contributed by atoms with Crippen LogP contribution in [0.2, 0.25) is 5.15 Å². The highest BCUT2D eigenvalue weighted by molar-refractivity contribution is 6.33. The molecule has 0 spiro atoms. The lowest BCUT2D eigenvalue weighted by Gasteiger charge is -2.15. The van der Waals surface area contributed by atoms with Crippen molar-refractivity contribution in [3.8, 4) is 0 Å². The zero-order valence-corrected chi connectivity index (χ0v) is 14.0. The molecule has 1 aromatic carbocycles. The zero-order chi connectivity index (χ0) is 18.3. The van der Waals surface area contributed by atoms with Gasteiger partial charge in [0.2, 0.25) is 5.82 Å². The molecular formula is C15H10ClF2N7O. The van der Waals surface area contributed by atoms with Gasteiger partial charge in [0.05, 0.1) is 6.54 Å². The number of hydrogen-bond donors (Lipinski definition) is 0. The van der Waals surface area contributed by atoms with Crippen LogP contribution in [0.15, 0.2) is 35.0 Å². The average molecular weight is 378 g/mol. The molecule has 132 valence electrons. The molecular weight excluding hydrogens is 368 g/mol. The van der Waals surface area contributed by atoms with Crippen molar-refractivity contribution < 1.29 is 13.4 Å². The van der Waals surface area contributed by atoms with Crippen molar-refractivity contribution >= 4 is 22.8 Å². The largest absolute Gasteiger partial charge is 0.331 e. The second kappa shape index (κ2) is 6.06. The number of aromatic nitrogens is 7. The number of halogens is 3. The lowest BCUT2D eigenvalue weighted by Crippen LogP contribution is -2.20. The van der Waals surface area contributed by atoms with Gasteiger partial charge in [-0.1, -0.05) is 57.5 Å². The molecule has 0 unspecified atom stereocenters. The van der Waals surface area contributed by atoms with Gasteiger partial charge in [0.15, 0.2) is 16.3 Å². The van der Waals surface area contributed by atoms with Crippen molar-refractivity contribution in [2.75, 3.05) is 0 Å². The van der Waals surface area contributed by atoms with Gasteiger partial charge in [-0.2, -0.15) is 8.78 Å². The normalized spacial score (nSPS) is 12.0. The van der Waals surface area contributed by atoms with Crippen molar-refractivity contribution in [1.82, 2.24) is 35.3 Å². The van der Waals surface area contributed by atoms with Crippen LogP contribution < -0.4 is 0 Å². The van der Waals surface area contributed by atoms with Crippen LogP contribution in [0, 0.1) is 6.92 Å². The van der Waals surface area contributed by atoms with E-state index in [-0.39, 0.29) is 28.4 Å². The third kappa shape index (κ3) is 2.68. The second-order valence-electron chi connectivity index (χ2n) is 5.49. The number of benzene rings is 1. The summed E-state index contributed by atoms with van der Waals surface area (Å²) < 4.78 is 35.5. The minimum Gasteiger partial charge on any atom is -0.244 e. The first kappa shape index (κ1) is 16.5. The predicted octanol–water partition coefficient (Wildman–Crippen LogP) is 2.75. The molecule has 3 aromatic heterocycles. The third-order valence-electron chi connectivity index (χ3n) is 3.78. The molecule has 0 aliphatic carbocycles. The van der Waals surface area contributed by atoms with E-state index in [2.05, 4.69) is 35.2 Å². The first-order chi connectivity index (χ1) is 12.5. The van der Waals surface area contributed by atoms with E-state index in [4.69, 9.17) is 11.6 Å². The van der Waals surface area contributed by atoms with E-state index < -0.39 is 11.7 Å². The van der Waals surface area contributed by atoms with Crippen molar-refractivity contribution in [1.29, 1.82) is 0 Å². The van der Waals surface area contributed by atoms with Gasteiger partial charge < -0.3 is 0 Å². The molecule has 0 bridgehead atoms. The molecule has 0 aliphatic rings. The Labute approximate surface area is 149 Å². The highest BCUT2D eigenvalue weighted by Gasteiger charge is 2.38. The molecule has 4 aromatic rings. The number of hydrogen-bond acceptors (Lipinski definition) is 7.